The van der Waals surface area contributed by atoms with Crippen LogP contribution in [0.25, 0.3) is 0 Å². The minimum Gasteiger partial charge on any atom is -0.325 e. The second kappa shape index (κ2) is 6.81. The zero-order valence-electron chi connectivity index (χ0n) is 15.2. The molecule has 1 atom stereocenters. The van der Waals surface area contributed by atoms with E-state index in [4.69, 9.17) is 5.14 Å². The van der Waals surface area contributed by atoms with Crippen LogP contribution in [-0.4, -0.2) is 42.6 Å². The molecular weight excluding hydrogens is 358 g/mol. The lowest BCUT2D eigenvalue weighted by atomic mass is 9.96. The highest BCUT2D eigenvalue weighted by atomic mass is 32.2. The number of sulfonamides is 1. The van der Waals surface area contributed by atoms with Crippen LogP contribution >= 0.6 is 0 Å². The van der Waals surface area contributed by atoms with Crippen LogP contribution in [0, 0.1) is 0 Å². The van der Waals surface area contributed by atoms with Crippen LogP contribution in [0.15, 0.2) is 29.2 Å². The Morgan fingerprint density at radius 2 is 1.81 bits per heavy atom. The molecule has 0 aliphatic carbocycles. The molecule has 2 N–H and O–H groups in total. The Balaban J connectivity index is 2.38. The van der Waals surface area contributed by atoms with E-state index >= 15 is 0 Å². The fourth-order valence-corrected chi connectivity index (χ4v) is 3.63. The quantitative estimate of drug-likeness (QED) is 0.764. The summed E-state index contributed by atoms with van der Waals surface area (Å²) in [5.41, 5.74) is -0.340. The van der Waals surface area contributed by atoms with Gasteiger partial charge in [0.05, 0.1) is 17.0 Å². The monoisotopic (exact) mass is 381 g/mol. The second-order valence-corrected chi connectivity index (χ2v) is 8.44. The minimum absolute atomic E-state index is 0.112. The van der Waals surface area contributed by atoms with Gasteiger partial charge in [0.25, 0.3) is 5.91 Å². The van der Waals surface area contributed by atoms with Gasteiger partial charge in [-0.05, 0) is 44.5 Å². The highest BCUT2D eigenvalue weighted by Crippen LogP contribution is 2.31. The van der Waals surface area contributed by atoms with E-state index in [1.807, 2.05) is 20.8 Å². The maximum atomic E-state index is 12.9. The van der Waals surface area contributed by atoms with Gasteiger partial charge >= 0.3 is 0 Å². The van der Waals surface area contributed by atoms with E-state index in [2.05, 4.69) is 0 Å². The van der Waals surface area contributed by atoms with Gasteiger partial charge in [0.2, 0.25) is 21.8 Å². The molecule has 1 fully saturated rings. The number of amides is 3. The second-order valence-electron chi connectivity index (χ2n) is 6.88. The van der Waals surface area contributed by atoms with E-state index < -0.39 is 33.4 Å². The Morgan fingerprint density at radius 3 is 2.23 bits per heavy atom. The third-order valence-corrected chi connectivity index (χ3v) is 5.64. The number of carbonyl (C=O) groups is 3. The number of benzene rings is 1. The smallest absolute Gasteiger partial charge is 0.257 e. The SMILES string of the molecule is CCC(C)(C)N(C(C)=O)C1CC(=O)N(c2ccc(S(N)(=O)=O)cc2)C1=O. The summed E-state index contributed by atoms with van der Waals surface area (Å²) in [6, 6.07) is 4.28. The van der Waals surface area contributed by atoms with Crippen molar-refractivity contribution in [2.24, 2.45) is 5.14 Å². The summed E-state index contributed by atoms with van der Waals surface area (Å²) < 4.78 is 22.7. The van der Waals surface area contributed by atoms with Crippen molar-refractivity contribution in [2.45, 2.75) is 57.0 Å². The molecule has 1 aliphatic rings. The van der Waals surface area contributed by atoms with Crippen molar-refractivity contribution in [1.82, 2.24) is 4.90 Å². The number of nitrogens with zero attached hydrogens (tertiary/aromatic N) is 2. The van der Waals surface area contributed by atoms with Crippen LogP contribution in [0.3, 0.4) is 0 Å². The van der Waals surface area contributed by atoms with Crippen molar-refractivity contribution in [3.05, 3.63) is 24.3 Å². The first-order valence-electron chi connectivity index (χ1n) is 8.19. The normalized spacial score (nSPS) is 18.3. The fraction of sp³-hybridized carbons (Fsp3) is 0.471. The Kier molecular flexibility index (Phi) is 5.25. The number of primary sulfonamides is 1. The summed E-state index contributed by atoms with van der Waals surface area (Å²) in [5.74, 6) is -1.23. The number of hydrogen-bond donors (Lipinski definition) is 1. The first-order chi connectivity index (χ1) is 11.9. The molecule has 1 heterocycles. The summed E-state index contributed by atoms with van der Waals surface area (Å²) in [6.07, 6.45) is 0.506. The molecule has 1 aliphatic heterocycles. The highest BCUT2D eigenvalue weighted by Gasteiger charge is 2.47. The fourth-order valence-electron chi connectivity index (χ4n) is 3.11. The lowest BCUT2D eigenvalue weighted by Gasteiger charge is -2.40. The van der Waals surface area contributed by atoms with E-state index in [0.717, 1.165) is 4.90 Å². The third kappa shape index (κ3) is 3.63. The Labute approximate surface area is 153 Å². The third-order valence-electron chi connectivity index (χ3n) is 4.71. The standard InChI is InChI=1S/C17H23N3O5S/c1-5-17(3,4)20(11(2)21)14-10-15(22)19(16(14)23)12-6-8-13(9-7-12)26(18,24)25/h6-9,14H,5,10H2,1-4H3,(H2,18,24,25). The first kappa shape index (κ1) is 20.1. The molecule has 2 rings (SSSR count). The van der Waals surface area contributed by atoms with E-state index in [1.165, 1.54) is 36.1 Å². The summed E-state index contributed by atoms with van der Waals surface area (Å²) in [7, 11) is -3.87. The van der Waals surface area contributed by atoms with Gasteiger partial charge in [0, 0.05) is 12.5 Å². The maximum Gasteiger partial charge on any atom is 0.257 e. The number of anilines is 1. The van der Waals surface area contributed by atoms with Crippen molar-refractivity contribution < 1.29 is 22.8 Å². The van der Waals surface area contributed by atoms with Crippen molar-refractivity contribution in [3.8, 4) is 0 Å². The van der Waals surface area contributed by atoms with Gasteiger partial charge in [-0.1, -0.05) is 6.92 Å². The van der Waals surface area contributed by atoms with Crippen LogP contribution in [0.2, 0.25) is 0 Å². The minimum atomic E-state index is -3.87. The molecule has 3 amide bonds. The van der Waals surface area contributed by atoms with Crippen molar-refractivity contribution in [2.75, 3.05) is 4.90 Å². The predicted octanol–water partition coefficient (Wildman–Crippen LogP) is 1.00. The van der Waals surface area contributed by atoms with E-state index in [1.54, 1.807) is 0 Å². The summed E-state index contributed by atoms with van der Waals surface area (Å²) in [4.78, 5) is 39.8. The molecule has 1 saturated heterocycles. The Hall–Kier alpha value is -2.26. The lowest BCUT2D eigenvalue weighted by Crippen LogP contribution is -2.54. The van der Waals surface area contributed by atoms with Gasteiger partial charge in [-0.3, -0.25) is 14.4 Å². The molecule has 0 radical (unpaired) electrons. The molecule has 1 aromatic rings. The van der Waals surface area contributed by atoms with Crippen LogP contribution in [-0.2, 0) is 24.4 Å². The molecule has 1 unspecified atom stereocenters. The number of carbonyl (C=O) groups excluding carboxylic acids is 3. The first-order valence-corrected chi connectivity index (χ1v) is 9.74. The van der Waals surface area contributed by atoms with E-state index in [-0.39, 0.29) is 22.9 Å². The van der Waals surface area contributed by atoms with Crippen LogP contribution < -0.4 is 10.0 Å². The zero-order chi connectivity index (χ0) is 19.9. The predicted molar refractivity (Wildman–Crippen MR) is 95.6 cm³/mol. The average molecular weight is 381 g/mol. The van der Waals surface area contributed by atoms with Crippen LogP contribution in [0.5, 0.6) is 0 Å². The number of rotatable bonds is 5. The molecule has 0 aromatic heterocycles. The van der Waals surface area contributed by atoms with Gasteiger partial charge in [-0.2, -0.15) is 0 Å². The van der Waals surface area contributed by atoms with Crippen LogP contribution in [0.1, 0.15) is 40.5 Å². The van der Waals surface area contributed by atoms with Gasteiger partial charge in [0.1, 0.15) is 6.04 Å². The summed E-state index contributed by atoms with van der Waals surface area (Å²) in [5, 5.41) is 5.05. The zero-order valence-corrected chi connectivity index (χ0v) is 16.0. The molecule has 9 heteroatoms. The van der Waals surface area contributed by atoms with Gasteiger partial charge in [0.15, 0.2) is 0 Å². The van der Waals surface area contributed by atoms with Gasteiger partial charge in [-0.25, -0.2) is 18.5 Å². The topological polar surface area (TPSA) is 118 Å². The van der Waals surface area contributed by atoms with Crippen LogP contribution in [0.4, 0.5) is 5.69 Å². The molecule has 8 nitrogen and oxygen atoms in total. The van der Waals surface area contributed by atoms with Gasteiger partial charge < -0.3 is 4.90 Å². The number of imide groups is 1. The summed E-state index contributed by atoms with van der Waals surface area (Å²) >= 11 is 0. The highest BCUT2D eigenvalue weighted by molar-refractivity contribution is 7.89. The van der Waals surface area contributed by atoms with Crippen molar-refractivity contribution in [3.63, 3.8) is 0 Å². The van der Waals surface area contributed by atoms with E-state index in [9.17, 15) is 22.8 Å². The molecule has 0 saturated carbocycles. The number of nitrogens with two attached hydrogens (primary N) is 1. The van der Waals surface area contributed by atoms with Crippen molar-refractivity contribution >= 4 is 33.4 Å². The van der Waals surface area contributed by atoms with Crippen molar-refractivity contribution in [1.29, 1.82) is 0 Å². The average Bonchev–Trinajstić information content (AvgIpc) is 2.80. The molecule has 1 aromatic carbocycles. The molecular formula is C17H23N3O5S. The Morgan fingerprint density at radius 1 is 1.27 bits per heavy atom. The van der Waals surface area contributed by atoms with Gasteiger partial charge in [-0.15, -0.1) is 0 Å². The number of hydrogen-bond acceptors (Lipinski definition) is 5. The molecule has 26 heavy (non-hydrogen) atoms. The Bertz CT molecular complexity index is 846. The lowest BCUT2D eigenvalue weighted by molar-refractivity contribution is -0.142. The van der Waals surface area contributed by atoms with E-state index in [0.29, 0.717) is 6.42 Å². The molecule has 0 bridgehead atoms. The molecule has 142 valence electrons. The molecule has 0 spiro atoms. The largest absolute Gasteiger partial charge is 0.325 e. The maximum absolute atomic E-state index is 12.9. The summed E-state index contributed by atoms with van der Waals surface area (Å²) in [6.45, 7) is 6.96.